The molecule has 0 saturated carbocycles. The average molecular weight is 508 g/mol. The van der Waals surface area contributed by atoms with Crippen molar-refractivity contribution in [2.75, 3.05) is 33.9 Å². The van der Waals surface area contributed by atoms with Crippen molar-refractivity contribution in [3.63, 3.8) is 0 Å². The van der Waals surface area contributed by atoms with Gasteiger partial charge in [-0.25, -0.2) is 13.9 Å². The Labute approximate surface area is 214 Å². The maximum absolute atomic E-state index is 13.2. The molecule has 0 aliphatic carbocycles. The zero-order chi connectivity index (χ0) is 26.2. The molecule has 4 rings (SSSR count). The van der Waals surface area contributed by atoms with Gasteiger partial charge in [0.2, 0.25) is 5.91 Å². The molecule has 1 N–H and O–H groups in total. The molecule has 0 unspecified atom stereocenters. The SMILES string of the molecule is COC(=O)c1cn([C@H]2C[C@@H](C(=O)NCCc3ccc(F)cc3)N(CC=Cc3ccccc3OC)C2)nn1. The summed E-state index contributed by atoms with van der Waals surface area (Å²) in [5.41, 5.74) is 2.01. The van der Waals surface area contributed by atoms with E-state index >= 15 is 0 Å². The van der Waals surface area contributed by atoms with E-state index in [1.54, 1.807) is 30.1 Å². The van der Waals surface area contributed by atoms with Crippen molar-refractivity contribution in [2.45, 2.75) is 24.9 Å². The minimum absolute atomic E-state index is 0.0939. The van der Waals surface area contributed by atoms with E-state index in [2.05, 4.69) is 20.5 Å². The molecule has 1 aliphatic rings. The first kappa shape index (κ1) is 26.0. The highest BCUT2D eigenvalue weighted by atomic mass is 19.1. The van der Waals surface area contributed by atoms with Gasteiger partial charge in [0.1, 0.15) is 11.6 Å². The predicted octanol–water partition coefficient (Wildman–Crippen LogP) is 2.90. The van der Waals surface area contributed by atoms with Crippen LogP contribution in [0.4, 0.5) is 4.39 Å². The number of aromatic nitrogens is 3. The predicted molar refractivity (Wildman–Crippen MR) is 136 cm³/mol. The number of carbonyl (C=O) groups is 2. The van der Waals surface area contributed by atoms with E-state index in [4.69, 9.17) is 9.47 Å². The number of likely N-dealkylation sites (tertiary alicyclic amines) is 1. The third-order valence-corrected chi connectivity index (χ3v) is 6.37. The zero-order valence-electron chi connectivity index (χ0n) is 20.8. The van der Waals surface area contributed by atoms with Crippen LogP contribution in [0.5, 0.6) is 5.75 Å². The van der Waals surface area contributed by atoms with Gasteiger partial charge in [0.05, 0.1) is 32.5 Å². The van der Waals surface area contributed by atoms with Crippen LogP contribution in [-0.2, 0) is 16.0 Å². The highest BCUT2D eigenvalue weighted by Crippen LogP contribution is 2.27. The molecule has 2 aromatic carbocycles. The number of nitrogens with one attached hydrogen (secondary N) is 1. The van der Waals surface area contributed by atoms with E-state index in [0.717, 1.165) is 16.9 Å². The fourth-order valence-corrected chi connectivity index (χ4v) is 4.42. The molecule has 1 amide bonds. The highest BCUT2D eigenvalue weighted by Gasteiger charge is 2.37. The van der Waals surface area contributed by atoms with Gasteiger partial charge in [0, 0.05) is 25.2 Å². The van der Waals surface area contributed by atoms with Crippen LogP contribution in [0.1, 0.15) is 34.1 Å². The lowest BCUT2D eigenvalue weighted by Crippen LogP contribution is -2.43. The lowest BCUT2D eigenvalue weighted by molar-refractivity contribution is -0.125. The summed E-state index contributed by atoms with van der Waals surface area (Å²) in [7, 11) is 2.92. The van der Waals surface area contributed by atoms with Gasteiger partial charge in [-0.3, -0.25) is 9.69 Å². The Kier molecular flexibility index (Phi) is 8.63. The van der Waals surface area contributed by atoms with E-state index in [9.17, 15) is 14.0 Å². The number of halogens is 1. The molecule has 37 heavy (non-hydrogen) atoms. The molecule has 0 bridgehead atoms. The van der Waals surface area contributed by atoms with Crippen molar-refractivity contribution in [2.24, 2.45) is 0 Å². The van der Waals surface area contributed by atoms with Gasteiger partial charge in [-0.2, -0.15) is 0 Å². The molecule has 3 aromatic rings. The van der Waals surface area contributed by atoms with Crippen LogP contribution in [-0.4, -0.2) is 71.7 Å². The molecule has 194 valence electrons. The average Bonchev–Trinajstić information content (AvgIpc) is 3.57. The van der Waals surface area contributed by atoms with Gasteiger partial charge in [0.25, 0.3) is 0 Å². The van der Waals surface area contributed by atoms with Crippen LogP contribution >= 0.6 is 0 Å². The normalized spacial score (nSPS) is 17.7. The number of hydrogen-bond acceptors (Lipinski definition) is 7. The largest absolute Gasteiger partial charge is 0.496 e. The van der Waals surface area contributed by atoms with Crippen molar-refractivity contribution in [1.29, 1.82) is 0 Å². The van der Waals surface area contributed by atoms with Crippen molar-refractivity contribution >= 4 is 18.0 Å². The monoisotopic (exact) mass is 507 g/mol. The maximum Gasteiger partial charge on any atom is 0.360 e. The fraction of sp³-hybridized carbons (Fsp3) is 0.333. The van der Waals surface area contributed by atoms with Crippen LogP contribution in [0.3, 0.4) is 0 Å². The smallest absolute Gasteiger partial charge is 0.360 e. The topological polar surface area (TPSA) is 98.6 Å². The second kappa shape index (κ2) is 12.3. The molecular weight excluding hydrogens is 477 g/mol. The van der Waals surface area contributed by atoms with Gasteiger partial charge in [-0.15, -0.1) is 5.10 Å². The van der Waals surface area contributed by atoms with Gasteiger partial charge in [0.15, 0.2) is 5.69 Å². The van der Waals surface area contributed by atoms with E-state index in [-0.39, 0.29) is 23.5 Å². The highest BCUT2D eigenvalue weighted by molar-refractivity contribution is 5.86. The molecule has 1 aromatic heterocycles. The Morgan fingerprint density at radius 2 is 1.95 bits per heavy atom. The second-order valence-electron chi connectivity index (χ2n) is 8.75. The van der Waals surface area contributed by atoms with Crippen molar-refractivity contribution in [1.82, 2.24) is 25.2 Å². The van der Waals surface area contributed by atoms with Crippen LogP contribution in [0.25, 0.3) is 6.08 Å². The van der Waals surface area contributed by atoms with E-state index < -0.39 is 12.0 Å². The number of amides is 1. The number of rotatable bonds is 10. The Hall–Kier alpha value is -4.05. The summed E-state index contributed by atoms with van der Waals surface area (Å²) >= 11 is 0. The van der Waals surface area contributed by atoms with Crippen LogP contribution in [0, 0.1) is 5.82 Å². The summed E-state index contributed by atoms with van der Waals surface area (Å²) in [6.45, 7) is 1.52. The molecule has 1 saturated heterocycles. The van der Waals surface area contributed by atoms with Crippen molar-refractivity contribution in [3.8, 4) is 5.75 Å². The number of para-hydroxylation sites is 1. The van der Waals surface area contributed by atoms with E-state index in [1.165, 1.54) is 19.2 Å². The molecule has 0 radical (unpaired) electrons. The third kappa shape index (κ3) is 6.59. The molecule has 2 heterocycles. The molecule has 2 atom stereocenters. The van der Waals surface area contributed by atoms with Crippen molar-refractivity contribution < 1.29 is 23.5 Å². The first-order chi connectivity index (χ1) is 18.0. The molecule has 1 aliphatic heterocycles. The van der Waals surface area contributed by atoms with Crippen LogP contribution in [0.15, 0.2) is 60.8 Å². The Morgan fingerprint density at radius 1 is 1.16 bits per heavy atom. The Morgan fingerprint density at radius 3 is 2.70 bits per heavy atom. The maximum atomic E-state index is 13.2. The number of hydrogen-bond donors (Lipinski definition) is 1. The number of benzene rings is 2. The lowest BCUT2D eigenvalue weighted by Gasteiger charge is -2.22. The van der Waals surface area contributed by atoms with E-state index in [0.29, 0.717) is 32.5 Å². The minimum atomic E-state index is -0.559. The third-order valence-electron chi connectivity index (χ3n) is 6.37. The molecule has 1 fully saturated rings. The van der Waals surface area contributed by atoms with Crippen LogP contribution < -0.4 is 10.1 Å². The van der Waals surface area contributed by atoms with Gasteiger partial charge in [-0.1, -0.05) is 47.7 Å². The summed E-state index contributed by atoms with van der Waals surface area (Å²) in [6, 6.07) is 13.4. The fourth-order valence-electron chi connectivity index (χ4n) is 4.42. The number of carbonyl (C=O) groups excluding carboxylic acids is 2. The number of ether oxygens (including phenoxy) is 2. The van der Waals surface area contributed by atoms with Gasteiger partial charge < -0.3 is 14.8 Å². The number of nitrogens with zero attached hydrogens (tertiary/aromatic N) is 4. The molecule has 0 spiro atoms. The zero-order valence-corrected chi connectivity index (χ0v) is 20.8. The van der Waals surface area contributed by atoms with Gasteiger partial charge in [-0.05, 0) is 36.6 Å². The summed E-state index contributed by atoms with van der Waals surface area (Å²) in [5, 5.41) is 11.0. The summed E-state index contributed by atoms with van der Waals surface area (Å²) in [5.74, 6) is -0.171. The minimum Gasteiger partial charge on any atom is -0.496 e. The van der Waals surface area contributed by atoms with Crippen LogP contribution in [0.2, 0.25) is 0 Å². The Bertz CT molecular complexity index is 1240. The first-order valence-electron chi connectivity index (χ1n) is 12.0. The summed E-state index contributed by atoms with van der Waals surface area (Å²) < 4.78 is 24.9. The molecule has 10 heteroatoms. The standard InChI is InChI=1S/C27H30FN5O4/c1-36-25-8-4-3-6-20(25)7-5-15-32-17-22(33-18-23(30-31-33)27(35)37-2)16-24(32)26(34)29-14-13-19-9-11-21(28)12-10-19/h3-12,18,22,24H,13-17H2,1-2H3,(H,29,34)/t22-,24-/m0/s1. The lowest BCUT2D eigenvalue weighted by atomic mass is 10.1. The second-order valence-corrected chi connectivity index (χ2v) is 8.75. The Balaban J connectivity index is 1.44. The van der Waals surface area contributed by atoms with Gasteiger partial charge >= 0.3 is 5.97 Å². The van der Waals surface area contributed by atoms with E-state index in [1.807, 2.05) is 36.4 Å². The number of methoxy groups -OCH3 is 2. The van der Waals surface area contributed by atoms with Crippen molar-refractivity contribution in [3.05, 3.63) is 83.4 Å². The summed E-state index contributed by atoms with van der Waals surface area (Å²) in [4.78, 5) is 27.1. The first-order valence-corrected chi connectivity index (χ1v) is 12.0. The molecule has 9 nitrogen and oxygen atoms in total. The number of esters is 1. The molecular formula is C27H30FN5O4. The summed E-state index contributed by atoms with van der Waals surface area (Å²) in [6.07, 6.45) is 6.63. The quantitative estimate of drug-likeness (QED) is 0.422.